The minimum Gasteiger partial charge on any atom is -0.491 e. The highest BCUT2D eigenvalue weighted by atomic mass is 16.5. The van der Waals surface area contributed by atoms with Gasteiger partial charge in [-0.25, -0.2) is 4.98 Å². The summed E-state index contributed by atoms with van der Waals surface area (Å²) < 4.78 is 11.6. The van der Waals surface area contributed by atoms with E-state index in [2.05, 4.69) is 22.4 Å². The van der Waals surface area contributed by atoms with Gasteiger partial charge in [-0.2, -0.15) is 0 Å². The molecule has 0 radical (unpaired) electrons. The predicted octanol–water partition coefficient (Wildman–Crippen LogP) is 2.82. The fraction of sp³-hybridized carbons (Fsp3) is 0.353. The van der Waals surface area contributed by atoms with Crippen molar-refractivity contribution in [2.75, 3.05) is 20.2 Å². The Morgan fingerprint density at radius 3 is 2.76 bits per heavy atom. The third kappa shape index (κ3) is 3.16. The van der Waals surface area contributed by atoms with E-state index in [0.717, 1.165) is 19.5 Å². The molecule has 1 aromatic heterocycles. The lowest BCUT2D eigenvalue weighted by atomic mass is 9.95. The van der Waals surface area contributed by atoms with Crippen LogP contribution in [0.15, 0.2) is 48.7 Å². The minimum atomic E-state index is -0.00926. The van der Waals surface area contributed by atoms with Crippen LogP contribution in [0.4, 0.5) is 0 Å². The summed E-state index contributed by atoms with van der Waals surface area (Å²) in [5.74, 6) is 1.67. The van der Waals surface area contributed by atoms with Crippen LogP contribution in [0.1, 0.15) is 18.1 Å². The van der Waals surface area contributed by atoms with Gasteiger partial charge in [-0.05, 0) is 30.7 Å². The first-order chi connectivity index (χ1) is 10.4. The lowest BCUT2D eigenvalue weighted by Gasteiger charge is -2.25. The number of methoxy groups -OCH3 is 1. The molecular weight excluding hydrogens is 264 g/mol. The molecule has 4 heteroatoms. The molecule has 1 aliphatic heterocycles. The molecule has 1 fully saturated rings. The van der Waals surface area contributed by atoms with E-state index in [4.69, 9.17) is 9.47 Å². The highest BCUT2D eigenvalue weighted by molar-refractivity contribution is 5.33. The molecule has 3 rings (SSSR count). The summed E-state index contributed by atoms with van der Waals surface area (Å²) in [5, 5.41) is 3.41. The van der Waals surface area contributed by atoms with E-state index < -0.39 is 0 Å². The molecule has 110 valence electrons. The van der Waals surface area contributed by atoms with Gasteiger partial charge in [0, 0.05) is 18.7 Å². The minimum absolute atomic E-state index is 0.00926. The second kappa shape index (κ2) is 6.59. The molecule has 2 atom stereocenters. The summed E-state index contributed by atoms with van der Waals surface area (Å²) in [6, 6.07) is 14.1. The summed E-state index contributed by atoms with van der Waals surface area (Å²) >= 11 is 0. The normalized spacial score (nSPS) is 19.2. The fourth-order valence-corrected chi connectivity index (χ4v) is 2.75. The van der Waals surface area contributed by atoms with Crippen LogP contribution in [0.25, 0.3) is 0 Å². The number of nitrogens with zero attached hydrogens (tertiary/aromatic N) is 1. The van der Waals surface area contributed by atoms with Crippen molar-refractivity contribution in [3.05, 3.63) is 54.2 Å². The van der Waals surface area contributed by atoms with Crippen molar-refractivity contribution in [2.24, 2.45) is 5.92 Å². The van der Waals surface area contributed by atoms with Crippen LogP contribution < -0.4 is 14.8 Å². The Morgan fingerprint density at radius 2 is 2.05 bits per heavy atom. The van der Waals surface area contributed by atoms with Gasteiger partial charge in [-0.15, -0.1) is 0 Å². The molecule has 0 unspecified atom stereocenters. The Kier molecular flexibility index (Phi) is 4.36. The summed E-state index contributed by atoms with van der Waals surface area (Å²) in [6.07, 6.45) is 2.83. The van der Waals surface area contributed by atoms with Gasteiger partial charge in [0.1, 0.15) is 6.10 Å². The first-order valence-corrected chi connectivity index (χ1v) is 7.30. The van der Waals surface area contributed by atoms with Crippen LogP contribution in [0, 0.1) is 5.92 Å². The summed E-state index contributed by atoms with van der Waals surface area (Å²) in [6.45, 7) is 2.01. The largest absolute Gasteiger partial charge is 0.491 e. The first kappa shape index (κ1) is 13.9. The van der Waals surface area contributed by atoms with E-state index in [0.29, 0.717) is 17.5 Å². The van der Waals surface area contributed by atoms with Crippen LogP contribution in [-0.2, 0) is 0 Å². The molecule has 1 N–H and O–H groups in total. The number of nitrogens with one attached hydrogen (secondary N) is 1. The Morgan fingerprint density at radius 1 is 1.19 bits per heavy atom. The molecule has 21 heavy (non-hydrogen) atoms. The van der Waals surface area contributed by atoms with Crippen molar-refractivity contribution >= 4 is 0 Å². The van der Waals surface area contributed by atoms with Gasteiger partial charge in [-0.1, -0.05) is 30.3 Å². The van der Waals surface area contributed by atoms with Crippen molar-refractivity contribution in [3.63, 3.8) is 0 Å². The van der Waals surface area contributed by atoms with Crippen molar-refractivity contribution in [1.82, 2.24) is 10.3 Å². The summed E-state index contributed by atoms with van der Waals surface area (Å²) in [7, 11) is 1.64. The van der Waals surface area contributed by atoms with Crippen molar-refractivity contribution < 1.29 is 9.47 Å². The lowest BCUT2D eigenvalue weighted by molar-refractivity contribution is 0.132. The standard InChI is InChI=1S/C17H20N2O2/c1-20-15-8-5-10-19-17(15)21-16(14-9-11-18-12-14)13-6-3-2-4-7-13/h2-8,10,14,16,18H,9,11-12H2,1H3/t14-,16-/m0/s1. The molecule has 2 heterocycles. The first-order valence-electron chi connectivity index (χ1n) is 7.30. The van der Waals surface area contributed by atoms with Gasteiger partial charge in [0.15, 0.2) is 5.75 Å². The van der Waals surface area contributed by atoms with E-state index in [-0.39, 0.29) is 6.10 Å². The topological polar surface area (TPSA) is 43.4 Å². The Labute approximate surface area is 125 Å². The second-order valence-electron chi connectivity index (χ2n) is 5.21. The number of hydrogen-bond donors (Lipinski definition) is 1. The molecule has 1 aliphatic rings. The Hall–Kier alpha value is -2.07. The van der Waals surface area contributed by atoms with Crippen molar-refractivity contribution in [3.8, 4) is 11.6 Å². The average molecular weight is 284 g/mol. The van der Waals surface area contributed by atoms with Gasteiger partial charge >= 0.3 is 0 Å². The maximum Gasteiger partial charge on any atom is 0.257 e. The number of rotatable bonds is 5. The van der Waals surface area contributed by atoms with Gasteiger partial charge in [0.25, 0.3) is 5.88 Å². The van der Waals surface area contributed by atoms with Crippen LogP contribution in [-0.4, -0.2) is 25.2 Å². The molecule has 1 saturated heterocycles. The molecular formula is C17H20N2O2. The summed E-state index contributed by atoms with van der Waals surface area (Å²) in [4.78, 5) is 4.32. The molecule has 0 aliphatic carbocycles. The van der Waals surface area contributed by atoms with Gasteiger partial charge in [0.2, 0.25) is 0 Å². The highest BCUT2D eigenvalue weighted by Gasteiger charge is 2.29. The monoisotopic (exact) mass is 284 g/mol. The number of aromatic nitrogens is 1. The Bertz CT molecular complexity index is 568. The van der Waals surface area contributed by atoms with E-state index in [9.17, 15) is 0 Å². The molecule has 1 aromatic carbocycles. The SMILES string of the molecule is COc1cccnc1O[C@@H](c1ccccc1)[C@H]1CCNC1. The zero-order valence-corrected chi connectivity index (χ0v) is 12.2. The van der Waals surface area contributed by atoms with Crippen LogP contribution in [0.2, 0.25) is 0 Å². The smallest absolute Gasteiger partial charge is 0.257 e. The maximum atomic E-state index is 6.23. The second-order valence-corrected chi connectivity index (χ2v) is 5.21. The van der Waals surface area contributed by atoms with E-state index >= 15 is 0 Å². The zero-order chi connectivity index (χ0) is 14.5. The van der Waals surface area contributed by atoms with E-state index in [1.807, 2.05) is 30.3 Å². The number of benzene rings is 1. The maximum absolute atomic E-state index is 6.23. The highest BCUT2D eigenvalue weighted by Crippen LogP contribution is 2.34. The zero-order valence-electron chi connectivity index (χ0n) is 12.2. The quantitative estimate of drug-likeness (QED) is 0.917. The molecule has 0 spiro atoms. The summed E-state index contributed by atoms with van der Waals surface area (Å²) in [5.41, 5.74) is 1.18. The molecule has 0 bridgehead atoms. The molecule has 4 nitrogen and oxygen atoms in total. The number of pyridine rings is 1. The number of hydrogen-bond acceptors (Lipinski definition) is 4. The van der Waals surface area contributed by atoms with E-state index in [1.165, 1.54) is 5.56 Å². The van der Waals surface area contributed by atoms with Crippen LogP contribution in [0.3, 0.4) is 0 Å². The van der Waals surface area contributed by atoms with Crippen molar-refractivity contribution in [1.29, 1.82) is 0 Å². The molecule has 2 aromatic rings. The third-order valence-electron chi connectivity index (χ3n) is 3.85. The van der Waals surface area contributed by atoms with Crippen LogP contribution >= 0.6 is 0 Å². The number of ether oxygens (including phenoxy) is 2. The molecule has 0 saturated carbocycles. The predicted molar refractivity (Wildman–Crippen MR) is 81.6 cm³/mol. The van der Waals surface area contributed by atoms with Gasteiger partial charge in [-0.3, -0.25) is 0 Å². The lowest BCUT2D eigenvalue weighted by Crippen LogP contribution is -2.22. The van der Waals surface area contributed by atoms with E-state index in [1.54, 1.807) is 13.3 Å². The van der Waals surface area contributed by atoms with Gasteiger partial charge < -0.3 is 14.8 Å². The average Bonchev–Trinajstić information content (AvgIpc) is 3.08. The van der Waals surface area contributed by atoms with Crippen LogP contribution in [0.5, 0.6) is 11.6 Å². The fourth-order valence-electron chi connectivity index (χ4n) is 2.75. The molecule has 0 amide bonds. The Balaban J connectivity index is 1.88. The van der Waals surface area contributed by atoms with Crippen molar-refractivity contribution in [2.45, 2.75) is 12.5 Å². The third-order valence-corrected chi connectivity index (χ3v) is 3.85. The van der Waals surface area contributed by atoms with Gasteiger partial charge in [0.05, 0.1) is 7.11 Å².